The molecule has 3 saturated heterocycles. The first kappa shape index (κ1) is 13.2. The van der Waals surface area contributed by atoms with E-state index in [1.165, 1.54) is 25.7 Å². The van der Waals surface area contributed by atoms with Crippen molar-refractivity contribution in [2.24, 2.45) is 5.41 Å². The van der Waals surface area contributed by atoms with Crippen LogP contribution in [-0.2, 0) is 4.74 Å². The minimum atomic E-state index is 0.229. The molecule has 0 aromatic carbocycles. The normalized spacial score (nSPS) is 27.6. The van der Waals surface area contributed by atoms with E-state index in [1.807, 2.05) is 4.90 Å². The Morgan fingerprint density at radius 1 is 0.895 bits per heavy atom. The van der Waals surface area contributed by atoms with E-state index in [2.05, 4.69) is 10.2 Å². The van der Waals surface area contributed by atoms with Gasteiger partial charge in [0.2, 0.25) is 0 Å². The average molecular weight is 267 g/mol. The van der Waals surface area contributed by atoms with Crippen LogP contribution in [0.5, 0.6) is 0 Å². The largest absolute Gasteiger partial charge is 0.378 e. The molecule has 3 heterocycles. The number of hydrogen-bond acceptors (Lipinski definition) is 3. The summed E-state index contributed by atoms with van der Waals surface area (Å²) in [6.07, 6.45) is 4.94. The van der Waals surface area contributed by atoms with Crippen LogP contribution in [0.3, 0.4) is 0 Å². The Hall–Kier alpha value is -0.810. The van der Waals surface area contributed by atoms with Gasteiger partial charge in [-0.05, 0) is 44.2 Å². The Morgan fingerprint density at radius 2 is 1.47 bits per heavy atom. The Balaban J connectivity index is 1.52. The molecule has 19 heavy (non-hydrogen) atoms. The fraction of sp³-hybridized carbons (Fsp3) is 0.929. The number of amides is 2. The van der Waals surface area contributed by atoms with Crippen molar-refractivity contribution in [3.8, 4) is 0 Å². The van der Waals surface area contributed by atoms with Crippen LogP contribution in [0.25, 0.3) is 0 Å². The van der Waals surface area contributed by atoms with E-state index >= 15 is 0 Å². The molecule has 0 saturated carbocycles. The van der Waals surface area contributed by atoms with Crippen molar-refractivity contribution >= 4 is 6.03 Å². The Morgan fingerprint density at radius 3 is 2.11 bits per heavy atom. The highest BCUT2D eigenvalue weighted by Crippen LogP contribution is 2.39. The summed E-state index contributed by atoms with van der Waals surface area (Å²) < 4.78 is 5.31. The number of urea groups is 1. The van der Waals surface area contributed by atoms with Crippen LogP contribution >= 0.6 is 0 Å². The number of morpholine rings is 1. The lowest BCUT2D eigenvalue weighted by Gasteiger charge is -2.45. The molecule has 0 atom stereocenters. The third-order valence-corrected chi connectivity index (χ3v) is 5.04. The van der Waals surface area contributed by atoms with E-state index in [1.54, 1.807) is 0 Å². The van der Waals surface area contributed by atoms with Crippen molar-refractivity contribution < 1.29 is 9.53 Å². The number of likely N-dealkylation sites (tertiary alicyclic amines) is 1. The van der Waals surface area contributed by atoms with Gasteiger partial charge < -0.3 is 19.9 Å². The molecule has 5 heteroatoms. The van der Waals surface area contributed by atoms with Crippen LogP contribution in [0, 0.1) is 5.41 Å². The number of hydrogen-bond donors (Lipinski definition) is 1. The lowest BCUT2D eigenvalue weighted by molar-refractivity contribution is 0.0308. The molecule has 3 rings (SSSR count). The summed E-state index contributed by atoms with van der Waals surface area (Å²) in [4.78, 5) is 16.4. The van der Waals surface area contributed by atoms with E-state index < -0.39 is 0 Å². The lowest BCUT2D eigenvalue weighted by atomic mass is 9.72. The van der Waals surface area contributed by atoms with Crippen molar-refractivity contribution in [1.82, 2.24) is 15.1 Å². The van der Waals surface area contributed by atoms with Gasteiger partial charge in [-0.1, -0.05) is 0 Å². The van der Waals surface area contributed by atoms with Crippen molar-refractivity contribution in [2.45, 2.75) is 25.7 Å². The highest BCUT2D eigenvalue weighted by atomic mass is 16.5. The van der Waals surface area contributed by atoms with E-state index in [9.17, 15) is 4.79 Å². The predicted molar refractivity (Wildman–Crippen MR) is 73.1 cm³/mol. The van der Waals surface area contributed by atoms with Gasteiger partial charge in [0.05, 0.1) is 13.2 Å². The summed E-state index contributed by atoms with van der Waals surface area (Å²) in [5, 5.41) is 3.44. The second kappa shape index (κ2) is 5.67. The van der Waals surface area contributed by atoms with E-state index in [-0.39, 0.29) is 6.03 Å². The van der Waals surface area contributed by atoms with Gasteiger partial charge in [-0.15, -0.1) is 0 Å². The molecule has 1 spiro atoms. The quantitative estimate of drug-likeness (QED) is 0.709. The minimum absolute atomic E-state index is 0.229. The van der Waals surface area contributed by atoms with Crippen molar-refractivity contribution in [3.05, 3.63) is 0 Å². The first-order valence-corrected chi connectivity index (χ1v) is 7.61. The molecule has 3 aliphatic rings. The van der Waals surface area contributed by atoms with Gasteiger partial charge in [-0.2, -0.15) is 0 Å². The summed E-state index contributed by atoms with van der Waals surface area (Å²) in [6, 6.07) is 0.229. The van der Waals surface area contributed by atoms with Gasteiger partial charge in [0, 0.05) is 26.2 Å². The minimum Gasteiger partial charge on any atom is -0.378 e. The van der Waals surface area contributed by atoms with Crippen molar-refractivity contribution in [3.63, 3.8) is 0 Å². The highest BCUT2D eigenvalue weighted by Gasteiger charge is 2.37. The second-order valence-corrected chi connectivity index (χ2v) is 6.12. The number of piperidine rings is 2. The van der Waals surface area contributed by atoms with E-state index in [4.69, 9.17) is 4.74 Å². The van der Waals surface area contributed by atoms with Gasteiger partial charge in [0.15, 0.2) is 0 Å². The van der Waals surface area contributed by atoms with Crippen molar-refractivity contribution in [2.75, 3.05) is 52.5 Å². The molecule has 0 bridgehead atoms. The Labute approximate surface area is 115 Å². The van der Waals surface area contributed by atoms with Crippen LogP contribution in [0.15, 0.2) is 0 Å². The van der Waals surface area contributed by atoms with Crippen LogP contribution in [0.1, 0.15) is 25.7 Å². The molecule has 3 aliphatic heterocycles. The molecule has 0 radical (unpaired) electrons. The summed E-state index contributed by atoms with van der Waals surface area (Å²) in [6.45, 7) is 7.07. The molecule has 3 fully saturated rings. The van der Waals surface area contributed by atoms with E-state index in [0.29, 0.717) is 18.6 Å². The molecule has 0 aromatic rings. The summed E-state index contributed by atoms with van der Waals surface area (Å²) in [5.41, 5.74) is 0.521. The zero-order valence-electron chi connectivity index (χ0n) is 11.7. The zero-order valence-corrected chi connectivity index (χ0v) is 11.7. The van der Waals surface area contributed by atoms with Gasteiger partial charge in [-0.3, -0.25) is 0 Å². The van der Waals surface area contributed by atoms with Crippen LogP contribution in [0.4, 0.5) is 4.79 Å². The molecule has 0 aromatic heterocycles. The average Bonchev–Trinajstić information content (AvgIpc) is 2.49. The standard InChI is InChI=1S/C14H25N3O2/c18-13(17-9-11-19-12-10-17)16-7-3-14(4-8-16)1-5-15-6-2-14/h15H,1-12H2. The monoisotopic (exact) mass is 267 g/mol. The molecule has 2 amide bonds. The maximum Gasteiger partial charge on any atom is 0.320 e. The maximum atomic E-state index is 12.4. The van der Waals surface area contributed by atoms with Gasteiger partial charge >= 0.3 is 6.03 Å². The number of rotatable bonds is 0. The Bertz CT molecular complexity index is 313. The number of nitrogens with zero attached hydrogens (tertiary/aromatic N) is 2. The first-order chi connectivity index (χ1) is 9.29. The SMILES string of the molecule is O=C(N1CCOCC1)N1CCC2(CCNCC2)CC1. The number of ether oxygens (including phenoxy) is 1. The van der Waals surface area contributed by atoms with Gasteiger partial charge in [0.25, 0.3) is 0 Å². The second-order valence-electron chi connectivity index (χ2n) is 6.12. The molecule has 0 aliphatic carbocycles. The molecule has 108 valence electrons. The van der Waals surface area contributed by atoms with Crippen LogP contribution in [0.2, 0.25) is 0 Å². The van der Waals surface area contributed by atoms with Crippen LogP contribution < -0.4 is 5.32 Å². The summed E-state index contributed by atoms with van der Waals surface area (Å²) in [5.74, 6) is 0. The fourth-order valence-electron chi connectivity index (χ4n) is 3.58. The predicted octanol–water partition coefficient (Wildman–Crippen LogP) is 0.904. The summed E-state index contributed by atoms with van der Waals surface area (Å²) in [7, 11) is 0. The van der Waals surface area contributed by atoms with Gasteiger partial charge in [-0.25, -0.2) is 4.79 Å². The van der Waals surface area contributed by atoms with Gasteiger partial charge in [0.1, 0.15) is 0 Å². The third kappa shape index (κ3) is 2.87. The number of carbonyl (C=O) groups is 1. The van der Waals surface area contributed by atoms with E-state index in [0.717, 1.165) is 39.3 Å². The van der Waals surface area contributed by atoms with Crippen molar-refractivity contribution in [1.29, 1.82) is 0 Å². The summed E-state index contributed by atoms with van der Waals surface area (Å²) >= 11 is 0. The number of carbonyl (C=O) groups excluding carboxylic acids is 1. The van der Waals surface area contributed by atoms with Crippen LogP contribution in [-0.4, -0.2) is 68.3 Å². The zero-order chi connectivity index (χ0) is 13.1. The smallest absolute Gasteiger partial charge is 0.320 e. The lowest BCUT2D eigenvalue weighted by Crippen LogP contribution is -2.53. The molecular formula is C14H25N3O2. The highest BCUT2D eigenvalue weighted by molar-refractivity contribution is 5.74. The first-order valence-electron chi connectivity index (χ1n) is 7.61. The third-order valence-electron chi connectivity index (χ3n) is 5.04. The maximum absolute atomic E-state index is 12.4. The Kier molecular flexibility index (Phi) is 3.93. The molecular weight excluding hydrogens is 242 g/mol. The fourth-order valence-corrected chi connectivity index (χ4v) is 3.58. The number of nitrogens with one attached hydrogen (secondary N) is 1. The molecule has 5 nitrogen and oxygen atoms in total. The topological polar surface area (TPSA) is 44.8 Å². The molecule has 1 N–H and O–H groups in total. The molecule has 0 unspecified atom stereocenters.